The van der Waals surface area contributed by atoms with Gasteiger partial charge >= 0.3 is 0 Å². The number of H-pyrrole nitrogens is 1. The van der Waals surface area contributed by atoms with Gasteiger partial charge in [0, 0.05) is 19.8 Å². The molecule has 1 aromatic heterocycles. The fourth-order valence-electron chi connectivity index (χ4n) is 1.80. The van der Waals surface area contributed by atoms with Gasteiger partial charge in [0.05, 0.1) is 0 Å². The molecular weight excluding hydrogens is 198 g/mol. The Bertz CT molecular complexity index is 351. The quantitative estimate of drug-likeness (QED) is 0.760. The highest BCUT2D eigenvalue weighted by atomic mass is 32.1. The van der Waals surface area contributed by atoms with Crippen LogP contribution in [0.4, 0.5) is 0 Å². The molecule has 1 fully saturated rings. The molecule has 2 heterocycles. The largest absolute Gasteiger partial charge is 0.381 e. The van der Waals surface area contributed by atoms with Gasteiger partial charge in [0.2, 0.25) is 0 Å². The molecule has 2 rings (SSSR count). The van der Waals surface area contributed by atoms with Crippen molar-refractivity contribution in [2.24, 2.45) is 5.92 Å². The van der Waals surface area contributed by atoms with E-state index in [9.17, 15) is 0 Å². The van der Waals surface area contributed by atoms with Crippen LogP contribution in [0.3, 0.4) is 0 Å². The predicted molar refractivity (Wildman–Crippen MR) is 55.7 cm³/mol. The van der Waals surface area contributed by atoms with E-state index in [-0.39, 0.29) is 0 Å². The molecule has 0 radical (unpaired) electrons. The van der Waals surface area contributed by atoms with Crippen LogP contribution in [-0.4, -0.2) is 28.0 Å². The minimum atomic E-state index is 0.687. The molecular formula is C9H15N3OS. The third kappa shape index (κ3) is 2.04. The lowest BCUT2D eigenvalue weighted by Crippen LogP contribution is -2.21. The lowest BCUT2D eigenvalue weighted by molar-refractivity contribution is 0.0609. The zero-order chi connectivity index (χ0) is 9.97. The first-order valence-corrected chi connectivity index (χ1v) is 5.38. The van der Waals surface area contributed by atoms with E-state index in [0.717, 1.165) is 43.2 Å². The van der Waals surface area contributed by atoms with Crippen LogP contribution in [0.2, 0.25) is 0 Å². The van der Waals surface area contributed by atoms with E-state index in [2.05, 4.69) is 14.8 Å². The summed E-state index contributed by atoms with van der Waals surface area (Å²) in [5.41, 5.74) is 0. The molecule has 4 nitrogen and oxygen atoms in total. The number of rotatable bonds is 2. The Labute approximate surface area is 88.3 Å². The average Bonchev–Trinajstić information content (AvgIpc) is 2.51. The van der Waals surface area contributed by atoms with Gasteiger partial charge in [-0.3, -0.25) is 5.10 Å². The van der Waals surface area contributed by atoms with Gasteiger partial charge in [-0.15, -0.1) is 0 Å². The molecule has 0 bridgehead atoms. The lowest BCUT2D eigenvalue weighted by Gasteiger charge is -2.22. The molecule has 0 atom stereocenters. The first-order valence-electron chi connectivity index (χ1n) is 4.97. The number of nitrogens with zero attached hydrogens (tertiary/aromatic N) is 2. The highest BCUT2D eigenvalue weighted by molar-refractivity contribution is 7.71. The maximum Gasteiger partial charge on any atom is 0.195 e. The van der Waals surface area contributed by atoms with E-state index in [1.807, 2.05) is 6.92 Å². The number of hydrogen-bond acceptors (Lipinski definition) is 3. The average molecular weight is 213 g/mol. The molecule has 1 aliphatic heterocycles. The molecule has 0 aromatic carbocycles. The first kappa shape index (κ1) is 9.86. The fraction of sp³-hybridized carbons (Fsp3) is 0.778. The molecule has 0 spiro atoms. The third-order valence-corrected chi connectivity index (χ3v) is 3.04. The Morgan fingerprint density at radius 2 is 2.29 bits per heavy atom. The van der Waals surface area contributed by atoms with E-state index in [1.165, 1.54) is 0 Å². The van der Waals surface area contributed by atoms with Gasteiger partial charge in [-0.25, -0.2) is 0 Å². The smallest absolute Gasteiger partial charge is 0.195 e. The topological polar surface area (TPSA) is 42.8 Å². The summed E-state index contributed by atoms with van der Waals surface area (Å²) in [5.74, 6) is 1.66. The molecule has 5 heteroatoms. The van der Waals surface area contributed by atoms with Crippen molar-refractivity contribution in [3.8, 4) is 0 Å². The van der Waals surface area contributed by atoms with Crippen LogP contribution in [-0.2, 0) is 11.3 Å². The van der Waals surface area contributed by atoms with Gasteiger partial charge in [0.25, 0.3) is 0 Å². The Morgan fingerprint density at radius 3 is 2.86 bits per heavy atom. The summed E-state index contributed by atoms with van der Waals surface area (Å²) in [5, 5.41) is 6.91. The molecule has 0 saturated carbocycles. The lowest BCUT2D eigenvalue weighted by atomic mass is 10.0. The molecule has 78 valence electrons. The minimum absolute atomic E-state index is 0.687. The van der Waals surface area contributed by atoms with Crippen molar-refractivity contribution >= 4 is 12.2 Å². The highest BCUT2D eigenvalue weighted by Gasteiger charge is 2.15. The second kappa shape index (κ2) is 4.23. The van der Waals surface area contributed by atoms with Crippen LogP contribution in [0, 0.1) is 17.6 Å². The monoisotopic (exact) mass is 213 g/mol. The summed E-state index contributed by atoms with van der Waals surface area (Å²) in [7, 11) is 0. The van der Waals surface area contributed by atoms with E-state index in [1.54, 1.807) is 0 Å². The molecule has 0 amide bonds. The standard InChI is InChI=1S/C9H15N3OS/c1-7-10-11-9(14)12(7)6-8-2-4-13-5-3-8/h8H,2-6H2,1H3,(H,11,14). The van der Waals surface area contributed by atoms with Crippen molar-refractivity contribution in [3.63, 3.8) is 0 Å². The number of aryl methyl sites for hydroxylation is 1. The van der Waals surface area contributed by atoms with Gasteiger partial charge < -0.3 is 9.30 Å². The Morgan fingerprint density at radius 1 is 1.57 bits per heavy atom. The van der Waals surface area contributed by atoms with Crippen LogP contribution in [0.1, 0.15) is 18.7 Å². The van der Waals surface area contributed by atoms with Gasteiger partial charge in [-0.05, 0) is 37.9 Å². The Hall–Kier alpha value is -0.680. The molecule has 0 aliphatic carbocycles. The van der Waals surface area contributed by atoms with Crippen molar-refractivity contribution in [3.05, 3.63) is 10.6 Å². The molecule has 14 heavy (non-hydrogen) atoms. The fourth-order valence-corrected chi connectivity index (χ4v) is 2.05. The minimum Gasteiger partial charge on any atom is -0.381 e. The number of ether oxygens (including phenoxy) is 1. The van der Waals surface area contributed by atoms with E-state index in [4.69, 9.17) is 17.0 Å². The van der Waals surface area contributed by atoms with Crippen molar-refractivity contribution < 1.29 is 4.74 Å². The summed E-state index contributed by atoms with van der Waals surface area (Å²) in [6.07, 6.45) is 2.26. The number of nitrogens with one attached hydrogen (secondary N) is 1. The van der Waals surface area contributed by atoms with Crippen LogP contribution in [0.15, 0.2) is 0 Å². The van der Waals surface area contributed by atoms with Crippen LogP contribution < -0.4 is 0 Å². The second-order valence-electron chi connectivity index (χ2n) is 3.74. The van der Waals surface area contributed by atoms with Crippen molar-refractivity contribution in [2.75, 3.05) is 13.2 Å². The molecule has 0 unspecified atom stereocenters. The number of aromatic nitrogens is 3. The van der Waals surface area contributed by atoms with E-state index in [0.29, 0.717) is 5.92 Å². The molecule has 1 aliphatic rings. The van der Waals surface area contributed by atoms with Crippen molar-refractivity contribution in [1.29, 1.82) is 0 Å². The van der Waals surface area contributed by atoms with Gasteiger partial charge in [0.15, 0.2) is 4.77 Å². The Kier molecular flexibility index (Phi) is 2.98. The van der Waals surface area contributed by atoms with E-state index >= 15 is 0 Å². The van der Waals surface area contributed by atoms with Crippen LogP contribution in [0.25, 0.3) is 0 Å². The molecule has 1 N–H and O–H groups in total. The SMILES string of the molecule is Cc1n[nH]c(=S)n1CC1CCOCC1. The third-order valence-electron chi connectivity index (χ3n) is 2.73. The van der Waals surface area contributed by atoms with Gasteiger partial charge in [-0.2, -0.15) is 5.10 Å². The summed E-state index contributed by atoms with van der Waals surface area (Å²) < 4.78 is 8.13. The van der Waals surface area contributed by atoms with Gasteiger partial charge in [0.1, 0.15) is 5.82 Å². The predicted octanol–water partition coefficient (Wildman–Crippen LogP) is 1.68. The summed E-state index contributed by atoms with van der Waals surface area (Å²) in [6, 6.07) is 0. The number of hydrogen-bond donors (Lipinski definition) is 1. The summed E-state index contributed by atoms with van der Waals surface area (Å²) in [4.78, 5) is 0. The number of aromatic amines is 1. The highest BCUT2D eigenvalue weighted by Crippen LogP contribution is 2.17. The van der Waals surface area contributed by atoms with Crippen LogP contribution in [0.5, 0.6) is 0 Å². The second-order valence-corrected chi connectivity index (χ2v) is 4.13. The maximum atomic E-state index is 5.32. The van der Waals surface area contributed by atoms with Gasteiger partial charge in [-0.1, -0.05) is 0 Å². The molecule has 1 saturated heterocycles. The summed E-state index contributed by atoms with van der Waals surface area (Å²) in [6.45, 7) is 4.72. The normalized spacial score (nSPS) is 18.6. The zero-order valence-corrected chi connectivity index (χ0v) is 9.14. The van der Waals surface area contributed by atoms with Crippen LogP contribution >= 0.6 is 12.2 Å². The molecule has 1 aromatic rings. The summed E-state index contributed by atoms with van der Waals surface area (Å²) >= 11 is 5.15. The van der Waals surface area contributed by atoms with Crippen molar-refractivity contribution in [2.45, 2.75) is 26.3 Å². The van der Waals surface area contributed by atoms with E-state index < -0.39 is 0 Å². The maximum absolute atomic E-state index is 5.32. The van der Waals surface area contributed by atoms with Crippen molar-refractivity contribution in [1.82, 2.24) is 14.8 Å². The first-order chi connectivity index (χ1) is 6.77. The Balaban J connectivity index is 2.06. The zero-order valence-electron chi connectivity index (χ0n) is 8.32.